The van der Waals surface area contributed by atoms with Crippen molar-refractivity contribution in [1.82, 2.24) is 9.78 Å². The van der Waals surface area contributed by atoms with Crippen LogP contribution in [0.2, 0.25) is 0 Å². The lowest BCUT2D eigenvalue weighted by Crippen LogP contribution is -2.11. The Bertz CT molecular complexity index is 812. The maximum absolute atomic E-state index is 12.8. The van der Waals surface area contributed by atoms with Crippen molar-refractivity contribution in [2.24, 2.45) is 7.05 Å². The molecule has 0 unspecified atom stereocenters. The van der Waals surface area contributed by atoms with Crippen molar-refractivity contribution in [2.75, 3.05) is 5.32 Å². The summed E-state index contributed by atoms with van der Waals surface area (Å²) in [5.74, 6) is 0. The Balaban J connectivity index is 2.52. The van der Waals surface area contributed by atoms with Crippen molar-refractivity contribution in [3.8, 4) is 0 Å². The molecule has 0 bridgehead atoms. The van der Waals surface area contributed by atoms with Crippen LogP contribution in [0, 0.1) is 27.2 Å². The number of nitrogens with zero attached hydrogens (tertiary/aromatic N) is 4. The highest BCUT2D eigenvalue weighted by Gasteiger charge is 2.37. The van der Waals surface area contributed by atoms with E-state index in [1.54, 1.807) is 14.0 Å². The molecule has 25 heavy (non-hydrogen) atoms. The minimum absolute atomic E-state index is 0.0767. The number of nitro benzene ring substituents is 2. The van der Waals surface area contributed by atoms with Gasteiger partial charge in [-0.1, -0.05) is 0 Å². The number of aromatic nitrogens is 2. The number of hydrogen-bond acceptors (Lipinski definition) is 6. The molecule has 0 spiro atoms. The zero-order chi connectivity index (χ0) is 18.9. The molecule has 0 aliphatic heterocycles. The van der Waals surface area contributed by atoms with Crippen molar-refractivity contribution in [3.63, 3.8) is 0 Å². The summed E-state index contributed by atoms with van der Waals surface area (Å²) in [6.45, 7) is 1.63. The van der Waals surface area contributed by atoms with Gasteiger partial charge in [0.2, 0.25) is 0 Å². The van der Waals surface area contributed by atoms with E-state index in [4.69, 9.17) is 0 Å². The Morgan fingerprint density at radius 3 is 2.08 bits per heavy atom. The number of nitrogens with one attached hydrogen (secondary N) is 1. The van der Waals surface area contributed by atoms with Crippen LogP contribution in [0.15, 0.2) is 18.3 Å². The fourth-order valence-electron chi connectivity index (χ4n) is 2.15. The van der Waals surface area contributed by atoms with Crippen LogP contribution in [-0.2, 0) is 19.8 Å². The van der Waals surface area contributed by atoms with Crippen molar-refractivity contribution >= 4 is 17.1 Å². The average molecular weight is 359 g/mol. The first-order chi connectivity index (χ1) is 11.5. The van der Waals surface area contributed by atoms with E-state index in [1.165, 1.54) is 10.9 Å². The number of halogens is 3. The van der Waals surface area contributed by atoms with E-state index >= 15 is 0 Å². The topological polar surface area (TPSA) is 116 Å². The molecular formula is C13H12F3N5O4. The zero-order valence-corrected chi connectivity index (χ0v) is 13.0. The van der Waals surface area contributed by atoms with Gasteiger partial charge in [-0.15, -0.1) is 0 Å². The molecule has 0 amide bonds. The van der Waals surface area contributed by atoms with E-state index in [9.17, 15) is 33.4 Å². The predicted molar refractivity (Wildman–Crippen MR) is 80.0 cm³/mol. The van der Waals surface area contributed by atoms with Gasteiger partial charge in [0.05, 0.1) is 21.6 Å². The molecule has 0 aliphatic rings. The normalized spacial score (nSPS) is 11.4. The molecule has 9 nitrogen and oxygen atoms in total. The molecule has 0 saturated heterocycles. The van der Waals surface area contributed by atoms with E-state index in [0.717, 1.165) is 0 Å². The van der Waals surface area contributed by atoms with Crippen LogP contribution < -0.4 is 5.32 Å². The zero-order valence-electron chi connectivity index (χ0n) is 13.0. The molecule has 1 N–H and O–H groups in total. The Morgan fingerprint density at radius 1 is 1.20 bits per heavy atom. The average Bonchev–Trinajstić information content (AvgIpc) is 2.82. The summed E-state index contributed by atoms with van der Waals surface area (Å²) in [7, 11) is 1.65. The molecule has 134 valence electrons. The second-order valence-electron chi connectivity index (χ2n) is 5.13. The van der Waals surface area contributed by atoms with Gasteiger partial charge < -0.3 is 5.32 Å². The number of hydrogen-bond donors (Lipinski definition) is 1. The SMILES string of the molecule is Cc1c(CNc2c([N+](=O)[O-])cc(C(F)(F)F)cc2[N+](=O)[O-])cnn1C. The van der Waals surface area contributed by atoms with Crippen LogP contribution in [0.1, 0.15) is 16.8 Å². The maximum Gasteiger partial charge on any atom is 0.416 e. The Labute approximate surface area is 138 Å². The molecular weight excluding hydrogens is 347 g/mol. The minimum Gasteiger partial charge on any atom is -0.370 e. The van der Waals surface area contributed by atoms with Gasteiger partial charge in [-0.3, -0.25) is 24.9 Å². The van der Waals surface area contributed by atoms with Gasteiger partial charge in [-0.25, -0.2) is 0 Å². The fraction of sp³-hybridized carbons (Fsp3) is 0.308. The molecule has 0 fully saturated rings. The number of benzene rings is 1. The Morgan fingerprint density at radius 2 is 1.72 bits per heavy atom. The van der Waals surface area contributed by atoms with Crippen LogP contribution in [0.5, 0.6) is 0 Å². The number of alkyl halides is 3. The summed E-state index contributed by atoms with van der Waals surface area (Å²) in [5.41, 5.74) is -2.82. The molecule has 12 heteroatoms. The monoisotopic (exact) mass is 359 g/mol. The third-order valence-corrected chi connectivity index (χ3v) is 3.61. The van der Waals surface area contributed by atoms with Gasteiger partial charge >= 0.3 is 6.18 Å². The smallest absolute Gasteiger partial charge is 0.370 e. The second kappa shape index (κ2) is 6.37. The quantitative estimate of drug-likeness (QED) is 0.647. The molecule has 1 aromatic carbocycles. The first kappa shape index (κ1) is 18.2. The molecule has 2 aromatic rings. The highest BCUT2D eigenvalue weighted by molar-refractivity contribution is 5.75. The number of nitro groups is 2. The van der Waals surface area contributed by atoms with Crippen LogP contribution >= 0.6 is 0 Å². The summed E-state index contributed by atoms with van der Waals surface area (Å²) in [6.07, 6.45) is -3.50. The highest BCUT2D eigenvalue weighted by Crippen LogP contribution is 2.41. The minimum atomic E-state index is -4.95. The summed E-state index contributed by atoms with van der Waals surface area (Å²) in [6, 6.07) is 0.539. The summed E-state index contributed by atoms with van der Waals surface area (Å²) >= 11 is 0. The highest BCUT2D eigenvalue weighted by atomic mass is 19.4. The van der Waals surface area contributed by atoms with Gasteiger partial charge in [-0.05, 0) is 6.92 Å². The Kier molecular flexibility index (Phi) is 4.63. The lowest BCUT2D eigenvalue weighted by Gasteiger charge is -2.11. The lowest BCUT2D eigenvalue weighted by atomic mass is 10.1. The van der Waals surface area contributed by atoms with Crippen LogP contribution in [0.4, 0.5) is 30.2 Å². The molecule has 0 atom stereocenters. The van der Waals surface area contributed by atoms with E-state index < -0.39 is 38.6 Å². The van der Waals surface area contributed by atoms with Crippen molar-refractivity contribution in [1.29, 1.82) is 0 Å². The molecule has 1 aromatic heterocycles. The van der Waals surface area contributed by atoms with E-state index in [1.807, 2.05) is 0 Å². The summed E-state index contributed by atoms with van der Waals surface area (Å²) in [4.78, 5) is 20.0. The standard InChI is InChI=1S/C13H12F3N5O4/c1-7-8(6-18-19(7)2)5-17-12-10(20(22)23)3-9(13(14,15)16)4-11(12)21(24)25/h3-4,6,17H,5H2,1-2H3. The van der Waals surface area contributed by atoms with Crippen molar-refractivity contribution in [3.05, 3.63) is 55.4 Å². The summed E-state index contributed by atoms with van der Waals surface area (Å²) in [5, 5.41) is 28.7. The van der Waals surface area contributed by atoms with Crippen LogP contribution in [0.3, 0.4) is 0 Å². The molecule has 1 heterocycles. The van der Waals surface area contributed by atoms with Crippen molar-refractivity contribution in [2.45, 2.75) is 19.6 Å². The van der Waals surface area contributed by atoms with Gasteiger partial charge in [-0.2, -0.15) is 18.3 Å². The molecule has 0 saturated carbocycles. The first-order valence-electron chi connectivity index (χ1n) is 6.77. The third kappa shape index (κ3) is 3.67. The van der Waals surface area contributed by atoms with Crippen LogP contribution in [0.25, 0.3) is 0 Å². The summed E-state index contributed by atoms with van der Waals surface area (Å²) < 4.78 is 40.0. The molecule has 2 rings (SSSR count). The number of anilines is 1. The van der Waals surface area contributed by atoms with Gasteiger partial charge in [0.1, 0.15) is 0 Å². The largest absolute Gasteiger partial charge is 0.416 e. The van der Waals surface area contributed by atoms with Gasteiger partial charge in [0.15, 0.2) is 5.69 Å². The number of aryl methyl sites for hydroxylation is 1. The predicted octanol–water partition coefficient (Wildman–Crippen LogP) is 3.18. The lowest BCUT2D eigenvalue weighted by molar-refractivity contribution is -0.392. The maximum atomic E-state index is 12.8. The van der Waals surface area contributed by atoms with E-state index in [-0.39, 0.29) is 18.7 Å². The van der Waals surface area contributed by atoms with Crippen molar-refractivity contribution < 1.29 is 23.0 Å². The van der Waals surface area contributed by atoms with Gasteiger partial charge in [0, 0.05) is 37.0 Å². The van der Waals surface area contributed by atoms with Crippen LogP contribution in [-0.4, -0.2) is 19.6 Å². The molecule has 0 aliphatic carbocycles. The van der Waals surface area contributed by atoms with E-state index in [0.29, 0.717) is 11.3 Å². The van der Waals surface area contributed by atoms with Gasteiger partial charge in [0.25, 0.3) is 11.4 Å². The second-order valence-corrected chi connectivity index (χ2v) is 5.13. The van der Waals surface area contributed by atoms with E-state index in [2.05, 4.69) is 10.4 Å². The molecule has 0 radical (unpaired) electrons. The third-order valence-electron chi connectivity index (χ3n) is 3.61. The first-order valence-corrected chi connectivity index (χ1v) is 6.77. The Hall–Kier alpha value is -3.18. The number of rotatable bonds is 5. The fourth-order valence-corrected chi connectivity index (χ4v) is 2.15.